The number of fused-ring (bicyclic) bond motifs is 3. The summed E-state index contributed by atoms with van der Waals surface area (Å²) < 4.78 is 30.8. The van der Waals surface area contributed by atoms with E-state index in [0.29, 0.717) is 13.2 Å². The number of hydrogen-bond donors (Lipinski definition) is 0. The molecule has 1 aliphatic carbocycles. The average molecular weight is 360 g/mol. The molecule has 0 amide bonds. The highest BCUT2D eigenvalue weighted by Gasteiger charge is 2.67. The summed E-state index contributed by atoms with van der Waals surface area (Å²) in [5.74, 6) is -0.682. The van der Waals surface area contributed by atoms with Gasteiger partial charge in [0, 0.05) is 6.61 Å². The minimum atomic E-state index is -0.689. The normalized spacial score (nSPS) is 37.0. The van der Waals surface area contributed by atoms with Gasteiger partial charge in [-0.2, -0.15) is 0 Å². The van der Waals surface area contributed by atoms with Gasteiger partial charge in [-0.1, -0.05) is 49.8 Å². The molecule has 5 nitrogen and oxygen atoms in total. The van der Waals surface area contributed by atoms with Crippen molar-refractivity contribution in [3.05, 3.63) is 48.0 Å². The highest BCUT2D eigenvalue weighted by atomic mass is 16.8. The molecule has 3 aliphatic rings. The first kappa shape index (κ1) is 18.1. The van der Waals surface area contributed by atoms with Crippen molar-refractivity contribution >= 4 is 0 Å². The Kier molecular flexibility index (Phi) is 4.92. The third-order valence-corrected chi connectivity index (χ3v) is 5.21. The van der Waals surface area contributed by atoms with Crippen molar-refractivity contribution in [1.29, 1.82) is 0 Å². The Morgan fingerprint density at radius 2 is 1.88 bits per heavy atom. The molecular weight excluding hydrogens is 332 g/mol. The molecule has 1 aromatic carbocycles. The second kappa shape index (κ2) is 7.06. The van der Waals surface area contributed by atoms with Crippen LogP contribution in [0.5, 0.6) is 0 Å². The lowest BCUT2D eigenvalue weighted by atomic mass is 9.94. The van der Waals surface area contributed by atoms with Gasteiger partial charge in [0.1, 0.15) is 23.9 Å². The molecule has 142 valence electrons. The zero-order chi connectivity index (χ0) is 18.2. The van der Waals surface area contributed by atoms with Gasteiger partial charge in [0.15, 0.2) is 12.1 Å². The van der Waals surface area contributed by atoms with E-state index in [2.05, 4.69) is 31.2 Å². The quantitative estimate of drug-likeness (QED) is 0.549. The van der Waals surface area contributed by atoms with E-state index in [9.17, 15) is 0 Å². The van der Waals surface area contributed by atoms with E-state index in [4.69, 9.17) is 23.7 Å². The summed E-state index contributed by atoms with van der Waals surface area (Å²) in [5.41, 5.74) is 0.427. The molecule has 0 spiro atoms. The number of benzene rings is 1. The summed E-state index contributed by atoms with van der Waals surface area (Å²) in [6, 6.07) is 10.1. The Morgan fingerprint density at radius 1 is 1.08 bits per heavy atom. The third kappa shape index (κ3) is 3.23. The molecule has 5 heteroatoms. The molecule has 0 saturated carbocycles. The fraction of sp³-hybridized carbons (Fsp3) is 0.619. The van der Waals surface area contributed by atoms with Crippen LogP contribution >= 0.6 is 0 Å². The Hall–Kier alpha value is -1.24. The van der Waals surface area contributed by atoms with Crippen molar-refractivity contribution in [3.8, 4) is 0 Å². The van der Waals surface area contributed by atoms with Crippen LogP contribution in [0.1, 0.15) is 39.2 Å². The van der Waals surface area contributed by atoms with E-state index in [1.54, 1.807) is 0 Å². The van der Waals surface area contributed by atoms with Crippen LogP contribution in [0.2, 0.25) is 0 Å². The van der Waals surface area contributed by atoms with Crippen LogP contribution in [0.4, 0.5) is 0 Å². The van der Waals surface area contributed by atoms with Crippen LogP contribution in [-0.4, -0.2) is 42.6 Å². The maximum atomic E-state index is 6.45. The fourth-order valence-electron chi connectivity index (χ4n) is 3.92. The lowest BCUT2D eigenvalue weighted by Crippen LogP contribution is -2.50. The molecule has 2 heterocycles. The van der Waals surface area contributed by atoms with E-state index in [1.807, 2.05) is 32.0 Å². The van der Waals surface area contributed by atoms with Crippen molar-refractivity contribution in [1.82, 2.24) is 0 Å². The first-order valence-corrected chi connectivity index (χ1v) is 9.54. The molecule has 26 heavy (non-hydrogen) atoms. The Balaban J connectivity index is 1.53. The lowest BCUT2D eigenvalue weighted by molar-refractivity contribution is -0.238. The van der Waals surface area contributed by atoms with Gasteiger partial charge in [-0.15, -0.1) is 0 Å². The molecule has 4 rings (SSSR count). The summed E-state index contributed by atoms with van der Waals surface area (Å²) in [7, 11) is 0. The summed E-state index contributed by atoms with van der Waals surface area (Å²) >= 11 is 0. The van der Waals surface area contributed by atoms with Gasteiger partial charge in [-0.3, -0.25) is 0 Å². The van der Waals surface area contributed by atoms with Gasteiger partial charge in [-0.05, 0) is 31.9 Å². The molecule has 5 atom stereocenters. The van der Waals surface area contributed by atoms with Gasteiger partial charge in [0.05, 0.1) is 6.61 Å². The number of ether oxygens (including phenoxy) is 5. The topological polar surface area (TPSA) is 46.2 Å². The smallest absolute Gasteiger partial charge is 0.191 e. The molecule has 2 aliphatic heterocycles. The molecule has 0 bridgehead atoms. The predicted molar refractivity (Wildman–Crippen MR) is 96.4 cm³/mol. The van der Waals surface area contributed by atoms with Crippen molar-refractivity contribution in [3.63, 3.8) is 0 Å². The van der Waals surface area contributed by atoms with Crippen molar-refractivity contribution in [2.75, 3.05) is 6.61 Å². The standard InChI is InChI=1S/C21H28O5/c1-4-5-13-22-16-11-12-21(23-14-15-9-7-6-8-10-15)17(16)24-19-18(21)25-20(2,3)26-19/h6-12,16-19H,4-5,13-14H2,1-3H3/t16-,17?,18+,19-,21-/m1/s1. The average Bonchev–Trinajstić information content (AvgIpc) is 3.21. The molecule has 0 N–H and O–H groups in total. The highest BCUT2D eigenvalue weighted by molar-refractivity contribution is 5.28. The van der Waals surface area contributed by atoms with E-state index < -0.39 is 17.7 Å². The first-order chi connectivity index (χ1) is 12.5. The second-order valence-electron chi connectivity index (χ2n) is 7.66. The van der Waals surface area contributed by atoms with Crippen molar-refractivity contribution in [2.45, 2.75) is 76.2 Å². The molecule has 2 saturated heterocycles. The largest absolute Gasteiger partial charge is 0.371 e. The van der Waals surface area contributed by atoms with Crippen LogP contribution < -0.4 is 0 Å². The van der Waals surface area contributed by atoms with Crippen LogP contribution in [0.3, 0.4) is 0 Å². The van der Waals surface area contributed by atoms with Crippen LogP contribution in [0.25, 0.3) is 0 Å². The SMILES string of the molecule is CCCCO[C@@H]1C=C[C@@]2(OCc3ccccc3)C1O[C@@H]1OC(C)(C)O[C@@H]12. The van der Waals surface area contributed by atoms with Gasteiger partial charge >= 0.3 is 0 Å². The molecule has 0 radical (unpaired) electrons. The van der Waals surface area contributed by atoms with E-state index in [1.165, 1.54) is 0 Å². The van der Waals surface area contributed by atoms with Crippen LogP contribution in [0.15, 0.2) is 42.5 Å². The zero-order valence-corrected chi connectivity index (χ0v) is 15.7. The zero-order valence-electron chi connectivity index (χ0n) is 15.7. The van der Waals surface area contributed by atoms with E-state index in [-0.39, 0.29) is 18.3 Å². The number of unbranched alkanes of at least 4 members (excludes halogenated alkanes) is 1. The lowest BCUT2D eigenvalue weighted by Gasteiger charge is -2.34. The van der Waals surface area contributed by atoms with Gasteiger partial charge < -0.3 is 23.7 Å². The molecule has 1 aromatic rings. The number of hydrogen-bond acceptors (Lipinski definition) is 5. The summed E-state index contributed by atoms with van der Waals surface area (Å²) in [4.78, 5) is 0. The van der Waals surface area contributed by atoms with Crippen LogP contribution in [-0.2, 0) is 30.3 Å². The predicted octanol–water partition coefficient (Wildman–Crippen LogP) is 3.57. The van der Waals surface area contributed by atoms with Gasteiger partial charge in [0.25, 0.3) is 0 Å². The Bertz CT molecular complexity index is 643. The summed E-state index contributed by atoms with van der Waals surface area (Å²) in [6.45, 7) is 7.16. The minimum absolute atomic E-state index is 0.141. The maximum Gasteiger partial charge on any atom is 0.191 e. The maximum absolute atomic E-state index is 6.45. The second-order valence-corrected chi connectivity index (χ2v) is 7.66. The van der Waals surface area contributed by atoms with Gasteiger partial charge in [-0.25, -0.2) is 0 Å². The summed E-state index contributed by atoms with van der Waals surface area (Å²) in [6.07, 6.45) is 5.11. The fourth-order valence-corrected chi connectivity index (χ4v) is 3.92. The van der Waals surface area contributed by atoms with Crippen LogP contribution in [0, 0.1) is 0 Å². The van der Waals surface area contributed by atoms with E-state index >= 15 is 0 Å². The van der Waals surface area contributed by atoms with Gasteiger partial charge in [0.2, 0.25) is 0 Å². The Labute approximate surface area is 155 Å². The highest BCUT2D eigenvalue weighted by Crippen LogP contribution is 2.50. The van der Waals surface area contributed by atoms with Crippen molar-refractivity contribution in [2.24, 2.45) is 0 Å². The molecule has 2 fully saturated rings. The molecule has 1 unspecified atom stereocenters. The monoisotopic (exact) mass is 360 g/mol. The van der Waals surface area contributed by atoms with E-state index in [0.717, 1.165) is 18.4 Å². The molecule has 0 aromatic heterocycles. The minimum Gasteiger partial charge on any atom is -0.371 e. The third-order valence-electron chi connectivity index (χ3n) is 5.21. The first-order valence-electron chi connectivity index (χ1n) is 9.54. The number of rotatable bonds is 7. The summed E-state index contributed by atoms with van der Waals surface area (Å²) in [5, 5.41) is 0. The van der Waals surface area contributed by atoms with Crippen molar-refractivity contribution < 1.29 is 23.7 Å². The Morgan fingerprint density at radius 3 is 2.65 bits per heavy atom. The molecular formula is C21H28O5.